The van der Waals surface area contributed by atoms with Gasteiger partial charge in [-0.3, -0.25) is 4.98 Å². The van der Waals surface area contributed by atoms with Crippen molar-refractivity contribution in [1.82, 2.24) is 4.98 Å². The van der Waals surface area contributed by atoms with Crippen LogP contribution >= 0.6 is 0 Å². The van der Waals surface area contributed by atoms with E-state index < -0.39 is 11.2 Å². The van der Waals surface area contributed by atoms with Crippen molar-refractivity contribution in [2.75, 3.05) is 0 Å². The molecule has 22 heavy (non-hydrogen) atoms. The summed E-state index contributed by atoms with van der Waals surface area (Å²) >= 11 is 0. The maximum absolute atomic E-state index is 10.2. The first-order chi connectivity index (χ1) is 10.3. The summed E-state index contributed by atoms with van der Waals surface area (Å²) in [5.41, 5.74) is 1.08. The zero-order valence-corrected chi connectivity index (χ0v) is 13.4. The smallest absolute Gasteiger partial charge is 0.310 e. The van der Waals surface area contributed by atoms with Crippen LogP contribution in [0.5, 0.6) is 0 Å². The van der Waals surface area contributed by atoms with E-state index in [0.29, 0.717) is 7.48 Å². The highest BCUT2D eigenvalue weighted by Crippen LogP contribution is 2.27. The Labute approximate surface area is 130 Å². The number of fused-ring (bicyclic) bond motifs is 3. The van der Waals surface area contributed by atoms with E-state index in [-0.39, 0.29) is 0 Å². The lowest BCUT2D eigenvalue weighted by molar-refractivity contribution is -0.0893. The van der Waals surface area contributed by atoms with E-state index in [9.17, 15) is 5.11 Å². The van der Waals surface area contributed by atoms with E-state index in [1.54, 1.807) is 20.0 Å². The lowest BCUT2D eigenvalue weighted by Crippen LogP contribution is -2.49. The molecule has 2 heterocycles. The molecule has 0 spiro atoms. The second-order valence-electron chi connectivity index (χ2n) is 6.62. The summed E-state index contributed by atoms with van der Waals surface area (Å²) in [6.45, 7) is 7.29. The summed E-state index contributed by atoms with van der Waals surface area (Å²) in [6, 6.07) is 7.78. The first kappa shape index (κ1) is 15.1. The Bertz CT molecular complexity index is 817. The van der Waals surface area contributed by atoms with Crippen molar-refractivity contribution < 1.29 is 14.2 Å². The van der Waals surface area contributed by atoms with E-state index in [1.165, 1.54) is 0 Å². The monoisotopic (exact) mass is 297 g/mol. The molecule has 0 saturated heterocycles. The average Bonchev–Trinajstić information content (AvgIpc) is 2.83. The van der Waals surface area contributed by atoms with Gasteiger partial charge >= 0.3 is 7.48 Å². The van der Waals surface area contributed by atoms with Crippen molar-refractivity contribution in [3.05, 3.63) is 36.7 Å². The van der Waals surface area contributed by atoms with Gasteiger partial charge in [0.15, 0.2) is 0 Å². The first-order valence-electron chi connectivity index (χ1n) is 7.40. The van der Waals surface area contributed by atoms with Crippen LogP contribution < -0.4 is 5.46 Å². The number of rotatable bonds is 4. The predicted molar refractivity (Wildman–Crippen MR) is 89.8 cm³/mol. The molecule has 3 aromatic rings. The number of pyridine rings is 1. The minimum Gasteiger partial charge on any atom is -0.456 e. The Morgan fingerprint density at radius 2 is 1.91 bits per heavy atom. The number of benzene rings is 1. The fourth-order valence-corrected chi connectivity index (χ4v) is 2.30. The quantitative estimate of drug-likeness (QED) is 0.752. The van der Waals surface area contributed by atoms with Gasteiger partial charge in [0.1, 0.15) is 11.2 Å². The van der Waals surface area contributed by atoms with Gasteiger partial charge in [0, 0.05) is 23.2 Å². The summed E-state index contributed by atoms with van der Waals surface area (Å²) in [4.78, 5) is 4.18. The third kappa shape index (κ3) is 2.51. The van der Waals surface area contributed by atoms with Gasteiger partial charge < -0.3 is 14.2 Å². The molecule has 1 N–H and O–H groups in total. The van der Waals surface area contributed by atoms with Crippen molar-refractivity contribution in [2.24, 2.45) is 0 Å². The van der Waals surface area contributed by atoms with Crippen LogP contribution in [0.25, 0.3) is 21.9 Å². The Kier molecular flexibility index (Phi) is 3.50. The first-order valence-corrected chi connectivity index (χ1v) is 7.40. The largest absolute Gasteiger partial charge is 0.456 e. The fraction of sp³-hybridized carbons (Fsp3) is 0.353. The molecule has 4 nitrogen and oxygen atoms in total. The lowest BCUT2D eigenvalue weighted by Gasteiger charge is -2.37. The molecule has 0 aliphatic carbocycles. The highest BCUT2D eigenvalue weighted by Gasteiger charge is 2.35. The van der Waals surface area contributed by atoms with E-state index in [0.717, 1.165) is 27.4 Å². The number of furan rings is 1. The van der Waals surface area contributed by atoms with Gasteiger partial charge in [-0.25, -0.2) is 0 Å². The number of aromatic nitrogens is 1. The summed E-state index contributed by atoms with van der Waals surface area (Å²) in [6.07, 6.45) is 3.53. The molecule has 114 valence electrons. The van der Waals surface area contributed by atoms with Crippen molar-refractivity contribution in [3.63, 3.8) is 0 Å². The van der Waals surface area contributed by atoms with Crippen LogP contribution in [-0.2, 0) is 4.65 Å². The van der Waals surface area contributed by atoms with Crippen LogP contribution in [0.4, 0.5) is 0 Å². The van der Waals surface area contributed by atoms with Crippen LogP contribution in [0.2, 0.25) is 0 Å². The second-order valence-corrected chi connectivity index (χ2v) is 6.62. The van der Waals surface area contributed by atoms with Gasteiger partial charge in [-0.2, -0.15) is 0 Å². The van der Waals surface area contributed by atoms with Crippen molar-refractivity contribution >= 4 is 34.9 Å². The summed E-state index contributed by atoms with van der Waals surface area (Å²) in [5.74, 6) is 0. The van der Waals surface area contributed by atoms with Crippen molar-refractivity contribution in [3.8, 4) is 0 Å². The van der Waals surface area contributed by atoms with Gasteiger partial charge in [0.25, 0.3) is 0 Å². The Morgan fingerprint density at radius 3 is 2.64 bits per heavy atom. The van der Waals surface area contributed by atoms with Gasteiger partial charge in [0.05, 0.1) is 11.2 Å². The number of hydrogen-bond acceptors (Lipinski definition) is 4. The highest BCUT2D eigenvalue weighted by molar-refractivity contribution is 6.52. The molecule has 0 saturated carbocycles. The molecule has 1 aromatic carbocycles. The van der Waals surface area contributed by atoms with Crippen molar-refractivity contribution in [2.45, 2.75) is 38.9 Å². The molecule has 2 aromatic heterocycles. The molecule has 0 amide bonds. The molecule has 0 aliphatic rings. The average molecular weight is 297 g/mol. The number of aliphatic hydroxyl groups is 1. The van der Waals surface area contributed by atoms with Crippen molar-refractivity contribution in [1.29, 1.82) is 0 Å². The number of hydrogen-bond donors (Lipinski definition) is 1. The molecule has 0 atom stereocenters. The molecular weight excluding hydrogens is 277 g/mol. The zero-order valence-electron chi connectivity index (χ0n) is 13.4. The molecular formula is C17H20BNO3. The molecule has 3 rings (SSSR count). The topological polar surface area (TPSA) is 55.5 Å². The molecule has 0 radical (unpaired) electrons. The third-order valence-corrected chi connectivity index (χ3v) is 4.44. The fourth-order valence-electron chi connectivity index (χ4n) is 2.30. The van der Waals surface area contributed by atoms with Crippen LogP contribution in [0.3, 0.4) is 0 Å². The molecule has 5 heteroatoms. The van der Waals surface area contributed by atoms with E-state index >= 15 is 0 Å². The van der Waals surface area contributed by atoms with Crippen LogP contribution in [0.15, 0.2) is 41.1 Å². The van der Waals surface area contributed by atoms with Gasteiger partial charge in [-0.15, -0.1) is 0 Å². The Morgan fingerprint density at radius 1 is 1.14 bits per heavy atom. The standard InChI is InChI=1S/C17H20BNO3/c1-16(2,20)17(3,4)22-18-12-6-5-7-14-15(12)11-10-19-9-8-13(11)21-14/h5-10,18,20H,1-4H3. The third-order valence-electron chi connectivity index (χ3n) is 4.44. The SMILES string of the molecule is CC(C)(O)C(C)(C)OBc1cccc2oc3ccncc3c12. The zero-order chi connectivity index (χ0) is 16.0. The summed E-state index contributed by atoms with van der Waals surface area (Å²) < 4.78 is 11.8. The van der Waals surface area contributed by atoms with Gasteiger partial charge in [0.2, 0.25) is 0 Å². The highest BCUT2D eigenvalue weighted by atomic mass is 16.5. The normalized spacial score (nSPS) is 13.0. The minimum atomic E-state index is -0.930. The Hall–Kier alpha value is -1.85. The molecule has 0 fully saturated rings. The van der Waals surface area contributed by atoms with Gasteiger partial charge in [-0.1, -0.05) is 12.1 Å². The molecule has 0 aliphatic heterocycles. The Balaban J connectivity index is 2.01. The second kappa shape index (κ2) is 5.11. The maximum Gasteiger partial charge on any atom is 0.310 e. The van der Waals surface area contributed by atoms with E-state index in [2.05, 4.69) is 4.98 Å². The lowest BCUT2D eigenvalue weighted by atomic mass is 9.81. The molecule has 0 bridgehead atoms. The van der Waals surface area contributed by atoms with Crippen LogP contribution in [0.1, 0.15) is 27.7 Å². The van der Waals surface area contributed by atoms with Crippen LogP contribution in [0, 0.1) is 0 Å². The summed E-state index contributed by atoms with van der Waals surface area (Å²) in [7, 11) is 0.401. The van der Waals surface area contributed by atoms with E-state index in [1.807, 2.05) is 44.3 Å². The van der Waals surface area contributed by atoms with Gasteiger partial charge in [-0.05, 0) is 45.3 Å². The van der Waals surface area contributed by atoms with Crippen LogP contribution in [-0.4, -0.2) is 28.8 Å². The summed E-state index contributed by atoms with van der Waals surface area (Å²) in [5, 5.41) is 12.2. The minimum absolute atomic E-state index is 0.401. The van der Waals surface area contributed by atoms with E-state index in [4.69, 9.17) is 9.07 Å². The maximum atomic E-state index is 10.2. The predicted octanol–water partition coefficient (Wildman–Crippen LogP) is 2.52. The molecule has 0 unspecified atom stereocenters. The number of nitrogens with zero attached hydrogens (tertiary/aromatic N) is 1.